The molecular weight excluding hydrogens is 211 g/mol. The largest absolute Gasteiger partial charge is 0.477 e. The highest BCUT2D eigenvalue weighted by molar-refractivity contribution is 5.86. The maximum absolute atomic E-state index is 13.4. The number of pyridine rings is 2. The van der Waals surface area contributed by atoms with Crippen LogP contribution in [0.1, 0.15) is 10.5 Å². The number of rotatable bonds is 2. The lowest BCUT2D eigenvalue weighted by Crippen LogP contribution is -2.02. The van der Waals surface area contributed by atoms with Gasteiger partial charge in [-0.3, -0.25) is 4.98 Å². The third-order valence-corrected chi connectivity index (χ3v) is 2.02. The highest BCUT2D eigenvalue weighted by Gasteiger charge is 2.11. The molecule has 2 heterocycles. The average molecular weight is 218 g/mol. The number of aromatic nitrogens is 2. The third-order valence-electron chi connectivity index (χ3n) is 2.02. The molecule has 4 nitrogen and oxygen atoms in total. The number of hydrogen-bond acceptors (Lipinski definition) is 3. The minimum atomic E-state index is -1.18. The Hall–Kier alpha value is -2.30. The molecule has 0 spiro atoms. The van der Waals surface area contributed by atoms with Crippen LogP contribution in [0.4, 0.5) is 4.39 Å². The summed E-state index contributed by atoms with van der Waals surface area (Å²) in [5, 5.41) is 8.75. The second-order valence-corrected chi connectivity index (χ2v) is 3.07. The zero-order chi connectivity index (χ0) is 11.5. The van der Waals surface area contributed by atoms with Gasteiger partial charge in [0.1, 0.15) is 17.2 Å². The Morgan fingerprint density at radius 3 is 2.50 bits per heavy atom. The maximum atomic E-state index is 13.4. The van der Waals surface area contributed by atoms with Gasteiger partial charge < -0.3 is 5.11 Å². The summed E-state index contributed by atoms with van der Waals surface area (Å²) in [6.45, 7) is 0. The van der Waals surface area contributed by atoms with Crippen LogP contribution in [0.15, 0.2) is 36.7 Å². The van der Waals surface area contributed by atoms with E-state index in [1.807, 2.05) is 0 Å². The summed E-state index contributed by atoms with van der Waals surface area (Å²) >= 11 is 0. The molecule has 0 aliphatic heterocycles. The summed E-state index contributed by atoms with van der Waals surface area (Å²) in [7, 11) is 0. The molecule has 2 rings (SSSR count). The fourth-order valence-corrected chi connectivity index (χ4v) is 1.27. The summed E-state index contributed by atoms with van der Waals surface area (Å²) in [6, 6.07) is 5.35. The Balaban J connectivity index is 2.56. The Bertz CT molecular complexity index is 529. The van der Waals surface area contributed by atoms with Gasteiger partial charge in [0.2, 0.25) is 0 Å². The van der Waals surface area contributed by atoms with E-state index in [4.69, 9.17) is 5.11 Å². The van der Waals surface area contributed by atoms with Gasteiger partial charge in [0.25, 0.3) is 0 Å². The predicted octanol–water partition coefficient (Wildman–Crippen LogP) is 1.98. The Labute approximate surface area is 90.4 Å². The van der Waals surface area contributed by atoms with E-state index in [1.165, 1.54) is 12.4 Å². The molecule has 2 aromatic rings. The zero-order valence-corrected chi connectivity index (χ0v) is 8.09. The van der Waals surface area contributed by atoms with Crippen LogP contribution in [0.25, 0.3) is 11.3 Å². The molecule has 1 N–H and O–H groups in total. The maximum Gasteiger partial charge on any atom is 0.354 e. The molecule has 0 unspecified atom stereocenters. The quantitative estimate of drug-likeness (QED) is 0.837. The van der Waals surface area contributed by atoms with Gasteiger partial charge in [-0.05, 0) is 24.3 Å². The molecule has 0 bridgehead atoms. The average Bonchev–Trinajstić information content (AvgIpc) is 2.30. The van der Waals surface area contributed by atoms with Crippen molar-refractivity contribution in [2.45, 2.75) is 0 Å². The summed E-state index contributed by atoms with van der Waals surface area (Å²) < 4.78 is 13.4. The number of halogens is 1. The number of carboxylic acids is 1. The van der Waals surface area contributed by atoms with Crippen LogP contribution < -0.4 is 0 Å². The van der Waals surface area contributed by atoms with E-state index in [9.17, 15) is 9.18 Å². The van der Waals surface area contributed by atoms with E-state index in [2.05, 4.69) is 9.97 Å². The van der Waals surface area contributed by atoms with Gasteiger partial charge >= 0.3 is 5.97 Å². The van der Waals surface area contributed by atoms with Crippen molar-refractivity contribution in [3.8, 4) is 11.3 Å². The zero-order valence-electron chi connectivity index (χ0n) is 8.09. The summed E-state index contributed by atoms with van der Waals surface area (Å²) in [6.07, 6.45) is 2.98. The first kappa shape index (κ1) is 10.2. The minimum Gasteiger partial charge on any atom is -0.477 e. The highest BCUT2D eigenvalue weighted by Crippen LogP contribution is 2.19. The molecule has 0 saturated carbocycles. The lowest BCUT2D eigenvalue weighted by Gasteiger charge is -2.03. The predicted molar refractivity (Wildman–Crippen MR) is 54.4 cm³/mol. The van der Waals surface area contributed by atoms with Crippen molar-refractivity contribution < 1.29 is 14.3 Å². The molecule has 5 heteroatoms. The van der Waals surface area contributed by atoms with Gasteiger partial charge in [-0.15, -0.1) is 0 Å². The summed E-state index contributed by atoms with van der Waals surface area (Å²) in [5.74, 6) is -1.74. The molecule has 16 heavy (non-hydrogen) atoms. The van der Waals surface area contributed by atoms with Crippen molar-refractivity contribution in [1.29, 1.82) is 0 Å². The van der Waals surface area contributed by atoms with Crippen LogP contribution in [-0.4, -0.2) is 21.0 Å². The minimum absolute atomic E-state index is 0.0160. The van der Waals surface area contributed by atoms with E-state index >= 15 is 0 Å². The molecule has 0 radical (unpaired) electrons. The van der Waals surface area contributed by atoms with Gasteiger partial charge in [0, 0.05) is 18.0 Å². The van der Waals surface area contributed by atoms with Crippen LogP contribution in [0.5, 0.6) is 0 Å². The van der Waals surface area contributed by atoms with Crippen molar-refractivity contribution in [2.24, 2.45) is 0 Å². The van der Waals surface area contributed by atoms with Crippen molar-refractivity contribution >= 4 is 5.97 Å². The fourth-order valence-electron chi connectivity index (χ4n) is 1.27. The SMILES string of the molecule is O=C(O)c1ccc(F)c(-c2ccncc2)n1. The highest BCUT2D eigenvalue weighted by atomic mass is 19.1. The first-order valence-corrected chi connectivity index (χ1v) is 4.49. The van der Waals surface area contributed by atoms with E-state index in [-0.39, 0.29) is 11.4 Å². The second kappa shape index (κ2) is 4.06. The normalized spacial score (nSPS) is 10.1. The topological polar surface area (TPSA) is 63.1 Å². The molecule has 0 amide bonds. The molecule has 2 aromatic heterocycles. The van der Waals surface area contributed by atoms with Gasteiger partial charge in [0.05, 0.1) is 0 Å². The fraction of sp³-hybridized carbons (Fsp3) is 0. The number of carbonyl (C=O) groups is 1. The number of aromatic carboxylic acids is 1. The second-order valence-electron chi connectivity index (χ2n) is 3.07. The van der Waals surface area contributed by atoms with Gasteiger partial charge in [-0.25, -0.2) is 14.2 Å². The van der Waals surface area contributed by atoms with Crippen LogP contribution in [0.3, 0.4) is 0 Å². The van der Waals surface area contributed by atoms with Gasteiger partial charge in [-0.2, -0.15) is 0 Å². The van der Waals surface area contributed by atoms with Crippen molar-refractivity contribution in [2.75, 3.05) is 0 Å². The lowest BCUT2D eigenvalue weighted by atomic mass is 10.1. The molecule has 0 aliphatic rings. The first-order valence-electron chi connectivity index (χ1n) is 4.49. The molecule has 0 aliphatic carbocycles. The van der Waals surface area contributed by atoms with Crippen LogP contribution in [0.2, 0.25) is 0 Å². The van der Waals surface area contributed by atoms with Crippen molar-refractivity contribution in [3.63, 3.8) is 0 Å². The Morgan fingerprint density at radius 2 is 1.88 bits per heavy atom. The third kappa shape index (κ3) is 1.88. The number of carboxylic acid groups (broad SMARTS) is 1. The van der Waals surface area contributed by atoms with Crippen LogP contribution >= 0.6 is 0 Å². The molecular formula is C11H7FN2O2. The van der Waals surface area contributed by atoms with Crippen LogP contribution in [-0.2, 0) is 0 Å². The molecule has 0 atom stereocenters. The number of hydrogen-bond donors (Lipinski definition) is 1. The standard InChI is InChI=1S/C11H7FN2O2/c12-8-1-2-9(11(15)16)14-10(8)7-3-5-13-6-4-7/h1-6H,(H,15,16). The molecule has 0 aromatic carbocycles. The smallest absolute Gasteiger partial charge is 0.354 e. The first-order chi connectivity index (χ1) is 7.68. The van der Waals surface area contributed by atoms with E-state index in [0.717, 1.165) is 12.1 Å². The summed E-state index contributed by atoms with van der Waals surface area (Å²) in [4.78, 5) is 18.2. The Kier molecular flexibility index (Phi) is 2.59. The molecule has 80 valence electrons. The van der Waals surface area contributed by atoms with E-state index in [0.29, 0.717) is 5.56 Å². The van der Waals surface area contributed by atoms with Gasteiger partial charge in [-0.1, -0.05) is 0 Å². The molecule has 0 saturated heterocycles. The van der Waals surface area contributed by atoms with Gasteiger partial charge in [0.15, 0.2) is 0 Å². The van der Waals surface area contributed by atoms with Crippen molar-refractivity contribution in [3.05, 3.63) is 48.2 Å². The van der Waals surface area contributed by atoms with E-state index in [1.54, 1.807) is 12.1 Å². The van der Waals surface area contributed by atoms with E-state index < -0.39 is 11.8 Å². The van der Waals surface area contributed by atoms with Crippen molar-refractivity contribution in [1.82, 2.24) is 9.97 Å². The lowest BCUT2D eigenvalue weighted by molar-refractivity contribution is 0.0690. The van der Waals surface area contributed by atoms with Crippen LogP contribution in [0, 0.1) is 5.82 Å². The summed E-state index contributed by atoms with van der Waals surface area (Å²) in [5.41, 5.74) is 0.325. The monoisotopic (exact) mass is 218 g/mol. The number of nitrogens with zero attached hydrogens (tertiary/aromatic N) is 2. The molecule has 0 fully saturated rings. The Morgan fingerprint density at radius 1 is 1.19 bits per heavy atom.